The summed E-state index contributed by atoms with van der Waals surface area (Å²) < 4.78 is 12.6. The van der Waals surface area contributed by atoms with Crippen LogP contribution in [-0.2, 0) is 20.8 Å². The highest BCUT2D eigenvalue weighted by atomic mass is 16.6. The fourth-order valence-corrected chi connectivity index (χ4v) is 2.41. The van der Waals surface area contributed by atoms with Crippen molar-refractivity contribution < 1.29 is 14.3 Å². The van der Waals surface area contributed by atoms with Gasteiger partial charge in [0.05, 0.1) is 19.8 Å². The van der Waals surface area contributed by atoms with Gasteiger partial charge in [-0.1, -0.05) is 35.9 Å². The van der Waals surface area contributed by atoms with Gasteiger partial charge in [0.15, 0.2) is 6.10 Å². The molecule has 1 aliphatic heterocycles. The van der Waals surface area contributed by atoms with Crippen molar-refractivity contribution >= 4 is 5.91 Å². The van der Waals surface area contributed by atoms with Crippen LogP contribution < -0.4 is 5.49 Å². The van der Waals surface area contributed by atoms with Gasteiger partial charge in [0.2, 0.25) is 0 Å². The SMILES string of the molecule is Cc1ccc(Cn2ccccc2=NC(=O)C2COCCO2)cc1. The number of aromatic nitrogens is 1. The molecule has 0 radical (unpaired) electrons. The molecule has 1 aromatic carbocycles. The maximum atomic E-state index is 12.2. The lowest BCUT2D eigenvalue weighted by Gasteiger charge is -2.19. The van der Waals surface area contributed by atoms with E-state index in [0.717, 1.165) is 5.56 Å². The maximum Gasteiger partial charge on any atom is 0.279 e. The van der Waals surface area contributed by atoms with Crippen molar-refractivity contribution in [2.45, 2.75) is 19.6 Å². The first kappa shape index (κ1) is 15.6. The van der Waals surface area contributed by atoms with Crippen LogP contribution in [-0.4, -0.2) is 36.4 Å². The molecule has 120 valence electrons. The topological polar surface area (TPSA) is 52.8 Å². The minimum absolute atomic E-state index is 0.271. The van der Waals surface area contributed by atoms with Crippen LogP contribution in [0, 0.1) is 6.92 Å². The summed E-state index contributed by atoms with van der Waals surface area (Å²) in [7, 11) is 0. The number of nitrogens with zero attached hydrogens (tertiary/aromatic N) is 2. The van der Waals surface area contributed by atoms with Crippen LogP contribution in [0.5, 0.6) is 0 Å². The summed E-state index contributed by atoms with van der Waals surface area (Å²) in [5.74, 6) is -0.298. The summed E-state index contributed by atoms with van der Waals surface area (Å²) in [5.41, 5.74) is 3.00. The van der Waals surface area contributed by atoms with E-state index < -0.39 is 6.10 Å². The number of rotatable bonds is 3. The molecule has 0 bridgehead atoms. The third-order valence-corrected chi connectivity index (χ3v) is 3.71. The van der Waals surface area contributed by atoms with E-state index in [9.17, 15) is 4.79 Å². The van der Waals surface area contributed by atoms with Crippen molar-refractivity contribution in [3.63, 3.8) is 0 Å². The average Bonchev–Trinajstić information content (AvgIpc) is 2.59. The van der Waals surface area contributed by atoms with Crippen LogP contribution in [0.2, 0.25) is 0 Å². The Hall–Kier alpha value is -2.24. The van der Waals surface area contributed by atoms with E-state index in [2.05, 4.69) is 36.2 Å². The third-order valence-electron chi connectivity index (χ3n) is 3.71. The Kier molecular flexibility index (Phi) is 5.00. The quantitative estimate of drug-likeness (QED) is 0.866. The highest BCUT2D eigenvalue weighted by Crippen LogP contribution is 2.05. The van der Waals surface area contributed by atoms with Gasteiger partial charge in [-0.2, -0.15) is 4.99 Å². The minimum atomic E-state index is -0.600. The zero-order valence-corrected chi connectivity index (χ0v) is 13.1. The molecule has 1 atom stereocenters. The van der Waals surface area contributed by atoms with Crippen LogP contribution in [0.25, 0.3) is 0 Å². The number of pyridine rings is 1. The Labute approximate surface area is 135 Å². The molecule has 1 saturated heterocycles. The molecule has 0 N–H and O–H groups in total. The molecule has 3 rings (SSSR count). The Morgan fingerprint density at radius 3 is 2.78 bits per heavy atom. The first-order valence-corrected chi connectivity index (χ1v) is 7.71. The molecule has 1 aliphatic rings. The Morgan fingerprint density at radius 1 is 1.22 bits per heavy atom. The van der Waals surface area contributed by atoms with E-state index in [4.69, 9.17) is 9.47 Å². The van der Waals surface area contributed by atoms with Gasteiger partial charge in [-0.05, 0) is 24.6 Å². The van der Waals surface area contributed by atoms with E-state index in [0.29, 0.717) is 25.2 Å². The Morgan fingerprint density at radius 2 is 2.04 bits per heavy atom. The number of benzene rings is 1. The highest BCUT2D eigenvalue weighted by Gasteiger charge is 2.22. The summed E-state index contributed by atoms with van der Waals surface area (Å²) in [5, 5.41) is 0. The molecule has 2 aromatic rings. The van der Waals surface area contributed by atoms with Gasteiger partial charge in [-0.15, -0.1) is 0 Å². The zero-order chi connectivity index (χ0) is 16.1. The van der Waals surface area contributed by atoms with E-state index >= 15 is 0 Å². The maximum absolute atomic E-state index is 12.2. The van der Waals surface area contributed by atoms with Gasteiger partial charge in [0.25, 0.3) is 5.91 Å². The van der Waals surface area contributed by atoms with Gasteiger partial charge in [0, 0.05) is 12.7 Å². The summed E-state index contributed by atoms with van der Waals surface area (Å²) in [6.45, 7) is 3.96. The molecule has 5 nitrogen and oxygen atoms in total. The van der Waals surface area contributed by atoms with Gasteiger partial charge in [-0.3, -0.25) is 4.79 Å². The third kappa shape index (κ3) is 4.15. The van der Waals surface area contributed by atoms with Gasteiger partial charge in [-0.25, -0.2) is 0 Å². The summed E-state index contributed by atoms with van der Waals surface area (Å²) in [4.78, 5) is 16.4. The zero-order valence-electron chi connectivity index (χ0n) is 13.1. The monoisotopic (exact) mass is 312 g/mol. The number of ether oxygens (including phenoxy) is 2. The van der Waals surface area contributed by atoms with Crippen LogP contribution in [0.1, 0.15) is 11.1 Å². The van der Waals surface area contributed by atoms with Crippen LogP contribution in [0.3, 0.4) is 0 Å². The Balaban J connectivity index is 1.83. The Bertz CT molecular complexity index is 728. The predicted molar refractivity (Wildman–Crippen MR) is 85.8 cm³/mol. The van der Waals surface area contributed by atoms with E-state index in [1.807, 2.05) is 29.0 Å². The second kappa shape index (κ2) is 7.35. The molecule has 1 unspecified atom stereocenters. The lowest BCUT2D eigenvalue weighted by atomic mass is 10.1. The fourth-order valence-electron chi connectivity index (χ4n) is 2.41. The van der Waals surface area contributed by atoms with Crippen molar-refractivity contribution in [2.24, 2.45) is 4.99 Å². The van der Waals surface area contributed by atoms with E-state index in [1.54, 1.807) is 0 Å². The molecule has 0 spiro atoms. The average molecular weight is 312 g/mol. The minimum Gasteiger partial charge on any atom is -0.376 e. The normalized spacial score (nSPS) is 18.8. The van der Waals surface area contributed by atoms with Crippen molar-refractivity contribution in [1.82, 2.24) is 4.57 Å². The van der Waals surface area contributed by atoms with Crippen LogP contribution in [0.4, 0.5) is 0 Å². The molecule has 23 heavy (non-hydrogen) atoms. The first-order valence-electron chi connectivity index (χ1n) is 7.71. The number of hydrogen-bond acceptors (Lipinski definition) is 3. The summed E-state index contributed by atoms with van der Waals surface area (Å²) >= 11 is 0. The largest absolute Gasteiger partial charge is 0.376 e. The smallest absolute Gasteiger partial charge is 0.279 e. The number of carbonyl (C=O) groups excluding carboxylic acids is 1. The fraction of sp³-hybridized carbons (Fsp3) is 0.333. The van der Waals surface area contributed by atoms with Crippen molar-refractivity contribution in [2.75, 3.05) is 19.8 Å². The second-order valence-electron chi connectivity index (χ2n) is 5.56. The lowest BCUT2D eigenvalue weighted by molar-refractivity contribution is -0.144. The second-order valence-corrected chi connectivity index (χ2v) is 5.56. The molecular weight excluding hydrogens is 292 g/mol. The molecule has 5 heteroatoms. The molecule has 1 amide bonds. The number of aryl methyl sites for hydroxylation is 1. The molecule has 0 aliphatic carbocycles. The summed E-state index contributed by atoms with van der Waals surface area (Å²) in [6, 6.07) is 13.9. The molecule has 1 aromatic heterocycles. The molecule has 1 fully saturated rings. The number of amides is 1. The summed E-state index contributed by atoms with van der Waals surface area (Å²) in [6.07, 6.45) is 1.32. The predicted octanol–water partition coefficient (Wildman–Crippen LogP) is 1.69. The van der Waals surface area contributed by atoms with Crippen LogP contribution in [0.15, 0.2) is 53.7 Å². The van der Waals surface area contributed by atoms with Gasteiger partial charge < -0.3 is 14.0 Å². The van der Waals surface area contributed by atoms with Crippen molar-refractivity contribution in [3.05, 3.63) is 65.3 Å². The van der Waals surface area contributed by atoms with E-state index in [1.165, 1.54) is 5.56 Å². The molecule has 2 heterocycles. The van der Waals surface area contributed by atoms with Crippen LogP contribution >= 0.6 is 0 Å². The lowest BCUT2D eigenvalue weighted by Crippen LogP contribution is -2.36. The van der Waals surface area contributed by atoms with Crippen molar-refractivity contribution in [1.29, 1.82) is 0 Å². The van der Waals surface area contributed by atoms with Gasteiger partial charge >= 0.3 is 0 Å². The number of carbonyl (C=O) groups is 1. The molecule has 0 saturated carbocycles. The van der Waals surface area contributed by atoms with Gasteiger partial charge in [0.1, 0.15) is 5.49 Å². The van der Waals surface area contributed by atoms with Crippen molar-refractivity contribution in [3.8, 4) is 0 Å². The standard InChI is InChI=1S/C18H20N2O3/c1-14-5-7-15(8-6-14)12-20-9-3-2-4-17(20)19-18(21)16-13-22-10-11-23-16/h2-9,16H,10-13H2,1H3. The first-order chi connectivity index (χ1) is 11.2. The molecular formula is C18H20N2O3. The highest BCUT2D eigenvalue weighted by molar-refractivity contribution is 5.81. The number of hydrogen-bond donors (Lipinski definition) is 0. The van der Waals surface area contributed by atoms with E-state index in [-0.39, 0.29) is 12.5 Å².